The van der Waals surface area contributed by atoms with Crippen molar-refractivity contribution in [3.63, 3.8) is 0 Å². The van der Waals surface area contributed by atoms with Gasteiger partial charge in [-0.25, -0.2) is 0 Å². The maximum atomic E-state index is 11.8. The van der Waals surface area contributed by atoms with E-state index in [1.807, 2.05) is 24.3 Å². The first-order chi connectivity index (χ1) is 12.7. The molecule has 2 aromatic carbocycles. The van der Waals surface area contributed by atoms with Crippen LogP contribution in [0, 0.1) is 12.3 Å². The Hall–Kier alpha value is -2.07. The molecule has 1 unspecified atom stereocenters. The molecule has 4 nitrogen and oxygen atoms in total. The lowest BCUT2D eigenvalue weighted by Crippen LogP contribution is -2.45. The number of fused-ring (bicyclic) bond motifs is 1. The van der Waals surface area contributed by atoms with Crippen molar-refractivity contribution in [1.82, 2.24) is 4.90 Å². The first kappa shape index (κ1) is 18.7. The number of benzene rings is 2. The molecule has 0 N–H and O–H groups in total. The minimum absolute atomic E-state index is 0.0205. The minimum Gasteiger partial charge on any atom is -0.474 e. The third kappa shape index (κ3) is 4.36. The second-order valence-corrected chi connectivity index (χ2v) is 6.87. The van der Waals surface area contributed by atoms with Crippen LogP contribution in [-0.2, 0) is 9.53 Å². The minimum atomic E-state index is -0.0851. The largest absolute Gasteiger partial charge is 0.474 e. The number of hydrogen-bond acceptors (Lipinski definition) is 4. The molecule has 1 saturated heterocycles. The van der Waals surface area contributed by atoms with Gasteiger partial charge in [0, 0.05) is 18.5 Å². The molecule has 2 aromatic rings. The van der Waals surface area contributed by atoms with E-state index in [0.29, 0.717) is 0 Å². The number of unbranched alkanes of at least 4 members (excludes halogenated alkanes) is 1. The number of methoxy groups -OCH3 is 1. The topological polar surface area (TPSA) is 38.8 Å². The highest BCUT2D eigenvalue weighted by Crippen LogP contribution is 2.29. The fourth-order valence-corrected chi connectivity index (χ4v) is 3.66. The second-order valence-electron chi connectivity index (χ2n) is 6.87. The van der Waals surface area contributed by atoms with Gasteiger partial charge in [-0.3, -0.25) is 9.69 Å². The zero-order valence-electron chi connectivity index (χ0n) is 15.7. The number of piperidine rings is 1. The number of ether oxygens (including phenoxy) is 2. The lowest BCUT2D eigenvalue weighted by Gasteiger charge is -2.37. The lowest BCUT2D eigenvalue weighted by atomic mass is 9.96. The van der Waals surface area contributed by atoms with E-state index in [1.54, 1.807) is 0 Å². The smallest absolute Gasteiger partial charge is 0.308 e. The monoisotopic (exact) mass is 354 g/mol. The Bertz CT molecular complexity index is 717. The molecule has 3 rings (SSSR count). The Morgan fingerprint density at radius 2 is 1.92 bits per heavy atom. The molecule has 139 valence electrons. The van der Waals surface area contributed by atoms with Crippen molar-refractivity contribution < 1.29 is 14.3 Å². The standard InChI is InChI=1S/C22H28NO3/c1-3-4-12-21(23-15-13-18(14-16-23)22(24)25-2)26-20-11-7-9-17-8-5-6-10-19(17)20/h3,5-11,18,21H,4,12-16H2,1-2H3. The Balaban J connectivity index is 1.73. The van der Waals surface area contributed by atoms with Gasteiger partial charge < -0.3 is 9.47 Å². The molecule has 0 spiro atoms. The van der Waals surface area contributed by atoms with Gasteiger partial charge >= 0.3 is 5.97 Å². The molecule has 0 amide bonds. The van der Waals surface area contributed by atoms with Crippen LogP contribution in [0.25, 0.3) is 10.8 Å². The van der Waals surface area contributed by atoms with E-state index in [4.69, 9.17) is 9.47 Å². The maximum absolute atomic E-state index is 11.8. The number of esters is 1. The van der Waals surface area contributed by atoms with Crippen LogP contribution in [0.2, 0.25) is 0 Å². The van der Waals surface area contributed by atoms with Crippen LogP contribution in [-0.4, -0.2) is 37.3 Å². The molecule has 1 atom stereocenters. The zero-order valence-corrected chi connectivity index (χ0v) is 15.7. The van der Waals surface area contributed by atoms with Crippen LogP contribution in [0.1, 0.15) is 32.6 Å². The van der Waals surface area contributed by atoms with Crippen LogP contribution in [0.15, 0.2) is 42.5 Å². The van der Waals surface area contributed by atoms with Gasteiger partial charge in [0.05, 0.1) is 13.0 Å². The Morgan fingerprint density at radius 1 is 1.19 bits per heavy atom. The first-order valence-corrected chi connectivity index (χ1v) is 9.47. The molecule has 0 bridgehead atoms. The van der Waals surface area contributed by atoms with E-state index >= 15 is 0 Å². The predicted molar refractivity (Wildman–Crippen MR) is 104 cm³/mol. The van der Waals surface area contributed by atoms with Gasteiger partial charge in [-0.1, -0.05) is 43.3 Å². The summed E-state index contributed by atoms with van der Waals surface area (Å²) < 4.78 is 11.4. The average molecular weight is 354 g/mol. The van der Waals surface area contributed by atoms with Crippen LogP contribution >= 0.6 is 0 Å². The number of carbonyl (C=O) groups is 1. The number of likely N-dealkylation sites (tertiary alicyclic amines) is 1. The van der Waals surface area contributed by atoms with Crippen molar-refractivity contribution in [3.05, 3.63) is 48.9 Å². The Labute approximate surface area is 156 Å². The quantitative estimate of drug-likeness (QED) is 0.689. The van der Waals surface area contributed by atoms with Crippen LogP contribution in [0.4, 0.5) is 0 Å². The van der Waals surface area contributed by atoms with Crippen LogP contribution in [0.3, 0.4) is 0 Å². The Morgan fingerprint density at radius 3 is 2.65 bits per heavy atom. The molecule has 26 heavy (non-hydrogen) atoms. The number of nitrogens with zero attached hydrogens (tertiary/aromatic N) is 1. The van der Waals surface area contributed by atoms with Crippen molar-refractivity contribution in [2.75, 3.05) is 20.2 Å². The van der Waals surface area contributed by atoms with Gasteiger partial charge in [0.2, 0.25) is 0 Å². The molecule has 1 heterocycles. The van der Waals surface area contributed by atoms with Crippen molar-refractivity contribution in [2.45, 2.75) is 38.8 Å². The summed E-state index contributed by atoms with van der Waals surface area (Å²) in [6.45, 7) is 3.80. The van der Waals surface area contributed by atoms with Crippen molar-refractivity contribution >= 4 is 16.7 Å². The average Bonchev–Trinajstić information content (AvgIpc) is 2.70. The van der Waals surface area contributed by atoms with Crippen molar-refractivity contribution in [3.8, 4) is 5.75 Å². The normalized spacial score (nSPS) is 17.2. The van der Waals surface area contributed by atoms with E-state index in [-0.39, 0.29) is 18.1 Å². The first-order valence-electron chi connectivity index (χ1n) is 9.47. The third-order valence-electron chi connectivity index (χ3n) is 5.19. The molecule has 1 aliphatic heterocycles. The van der Waals surface area contributed by atoms with Gasteiger partial charge in [-0.15, -0.1) is 0 Å². The maximum Gasteiger partial charge on any atom is 0.308 e. The van der Waals surface area contributed by atoms with Gasteiger partial charge in [0.25, 0.3) is 0 Å². The predicted octanol–water partition coefficient (Wildman–Crippen LogP) is 4.43. The van der Waals surface area contributed by atoms with Crippen LogP contribution in [0.5, 0.6) is 5.75 Å². The van der Waals surface area contributed by atoms with Gasteiger partial charge in [0.15, 0.2) is 6.23 Å². The van der Waals surface area contributed by atoms with Crippen molar-refractivity contribution in [2.24, 2.45) is 5.92 Å². The lowest BCUT2D eigenvalue weighted by molar-refractivity contribution is -0.148. The van der Waals surface area contributed by atoms with E-state index in [9.17, 15) is 4.79 Å². The highest BCUT2D eigenvalue weighted by atomic mass is 16.5. The number of rotatable bonds is 7. The van der Waals surface area contributed by atoms with Gasteiger partial charge in [-0.05, 0) is 43.6 Å². The fraction of sp³-hybridized carbons (Fsp3) is 0.455. The van der Waals surface area contributed by atoms with E-state index in [1.165, 1.54) is 12.5 Å². The molecule has 0 aromatic heterocycles. The molecular formula is C22H28NO3. The Kier molecular flexibility index (Phi) is 6.51. The molecule has 0 aliphatic carbocycles. The van der Waals surface area contributed by atoms with E-state index in [2.05, 4.69) is 36.4 Å². The molecular weight excluding hydrogens is 326 g/mol. The molecule has 1 aliphatic rings. The summed E-state index contributed by atoms with van der Waals surface area (Å²) in [4.78, 5) is 14.1. The summed E-state index contributed by atoms with van der Waals surface area (Å²) >= 11 is 0. The summed E-state index contributed by atoms with van der Waals surface area (Å²) in [5.41, 5.74) is 0. The van der Waals surface area contributed by atoms with Crippen molar-refractivity contribution in [1.29, 1.82) is 0 Å². The zero-order chi connectivity index (χ0) is 18.4. The summed E-state index contributed by atoms with van der Waals surface area (Å²) in [6.07, 6.45) is 5.82. The molecule has 0 saturated carbocycles. The highest BCUT2D eigenvalue weighted by Gasteiger charge is 2.30. The van der Waals surface area contributed by atoms with Gasteiger partial charge in [0.1, 0.15) is 5.75 Å². The molecule has 4 heteroatoms. The SMILES string of the molecule is C[CH]CCC(Oc1cccc2ccccc12)N1CCC(C(=O)OC)CC1. The van der Waals surface area contributed by atoms with Gasteiger partial charge in [-0.2, -0.15) is 0 Å². The van der Waals surface area contributed by atoms with Crippen LogP contribution < -0.4 is 4.74 Å². The fourth-order valence-electron chi connectivity index (χ4n) is 3.66. The summed E-state index contributed by atoms with van der Waals surface area (Å²) in [5.74, 6) is 0.865. The molecule has 1 radical (unpaired) electrons. The second kappa shape index (κ2) is 9.04. The van der Waals surface area contributed by atoms with E-state index in [0.717, 1.165) is 49.9 Å². The number of carbonyl (C=O) groups excluding carboxylic acids is 1. The summed E-state index contributed by atoms with van der Waals surface area (Å²) in [5, 5.41) is 2.33. The summed E-state index contributed by atoms with van der Waals surface area (Å²) in [6, 6.07) is 14.5. The number of hydrogen-bond donors (Lipinski definition) is 0. The van der Waals surface area contributed by atoms with E-state index < -0.39 is 0 Å². The molecule has 1 fully saturated rings. The highest BCUT2D eigenvalue weighted by molar-refractivity contribution is 5.88. The summed E-state index contributed by atoms with van der Waals surface area (Å²) in [7, 11) is 1.47. The third-order valence-corrected chi connectivity index (χ3v) is 5.19.